The Morgan fingerprint density at radius 3 is 3.00 bits per heavy atom. The van der Waals surface area contributed by atoms with Crippen LogP contribution in [0.1, 0.15) is 17.5 Å². The van der Waals surface area contributed by atoms with Gasteiger partial charge in [-0.05, 0) is 66.6 Å². The highest BCUT2D eigenvalue weighted by atomic mass is 35.5. The van der Waals surface area contributed by atoms with E-state index >= 15 is 0 Å². The zero-order chi connectivity index (χ0) is 14.2. The van der Waals surface area contributed by atoms with E-state index in [-0.39, 0.29) is 0 Å². The number of aryl methyl sites for hydroxylation is 2. The van der Waals surface area contributed by atoms with Crippen LogP contribution in [0.5, 0.6) is 0 Å². The lowest BCUT2D eigenvalue weighted by atomic mass is 10.1. The fourth-order valence-corrected chi connectivity index (χ4v) is 3.69. The van der Waals surface area contributed by atoms with Gasteiger partial charge in [0.1, 0.15) is 0 Å². The highest BCUT2D eigenvalue weighted by molar-refractivity contribution is 8.00. The van der Waals surface area contributed by atoms with E-state index in [1.807, 2.05) is 18.2 Å². The van der Waals surface area contributed by atoms with Crippen molar-refractivity contribution in [1.82, 2.24) is 5.16 Å². The highest BCUT2D eigenvalue weighted by Crippen LogP contribution is 2.33. The summed E-state index contributed by atoms with van der Waals surface area (Å²) in [7, 11) is 0. The van der Waals surface area contributed by atoms with Crippen molar-refractivity contribution in [3.05, 3.63) is 52.5 Å². The molecule has 0 bridgehead atoms. The molecule has 1 aliphatic carbocycles. The largest absolute Gasteiger partial charge is 0.354 e. The first-order chi connectivity index (χ1) is 10.3. The van der Waals surface area contributed by atoms with Crippen LogP contribution in [0.15, 0.2) is 45.8 Å². The molecule has 0 atom stereocenters. The average molecular weight is 317 g/mol. The minimum atomic E-state index is 0.644. The Morgan fingerprint density at radius 1 is 1.14 bits per heavy atom. The van der Waals surface area contributed by atoms with E-state index < -0.39 is 0 Å². The predicted octanol–water partition coefficient (Wildman–Crippen LogP) is 5.09. The van der Waals surface area contributed by atoms with E-state index in [4.69, 9.17) is 16.1 Å². The van der Waals surface area contributed by atoms with E-state index in [0.29, 0.717) is 16.4 Å². The smallest absolute Gasteiger partial charge is 0.189 e. The maximum absolute atomic E-state index is 6.21. The molecule has 1 aromatic heterocycles. The van der Waals surface area contributed by atoms with Gasteiger partial charge in [0.25, 0.3) is 0 Å². The fourth-order valence-electron chi connectivity index (χ4n) is 2.74. The molecular weight excluding hydrogens is 304 g/mol. The van der Waals surface area contributed by atoms with E-state index in [0.717, 1.165) is 5.39 Å². The van der Waals surface area contributed by atoms with Gasteiger partial charge < -0.3 is 9.25 Å². The van der Waals surface area contributed by atoms with E-state index in [1.54, 1.807) is 0 Å². The predicted molar refractivity (Wildman–Crippen MR) is 87.0 cm³/mol. The van der Waals surface area contributed by atoms with Gasteiger partial charge in [-0.25, -0.2) is 0 Å². The van der Waals surface area contributed by atoms with Gasteiger partial charge in [0.15, 0.2) is 11.4 Å². The lowest BCUT2D eigenvalue weighted by Gasteiger charge is -2.05. The van der Waals surface area contributed by atoms with E-state index in [1.165, 1.54) is 47.2 Å². The van der Waals surface area contributed by atoms with Gasteiger partial charge in [-0.15, -0.1) is 0 Å². The van der Waals surface area contributed by atoms with Crippen molar-refractivity contribution in [2.24, 2.45) is 0 Å². The quantitative estimate of drug-likeness (QED) is 0.683. The van der Waals surface area contributed by atoms with Crippen molar-refractivity contribution >= 4 is 40.3 Å². The van der Waals surface area contributed by atoms with Crippen LogP contribution in [-0.4, -0.2) is 5.16 Å². The second kappa shape index (κ2) is 5.28. The Hall–Kier alpha value is -1.65. The highest BCUT2D eigenvalue weighted by Gasteiger charge is 2.13. The van der Waals surface area contributed by atoms with Gasteiger partial charge in [-0.3, -0.25) is 0 Å². The number of aromatic nitrogens is 1. The Labute approximate surface area is 131 Å². The molecular formula is C16H13ClN2OS. The van der Waals surface area contributed by atoms with Crippen LogP contribution in [0.2, 0.25) is 5.02 Å². The molecule has 3 nitrogen and oxygen atoms in total. The van der Waals surface area contributed by atoms with Crippen molar-refractivity contribution < 1.29 is 4.52 Å². The van der Waals surface area contributed by atoms with Crippen LogP contribution in [0.3, 0.4) is 0 Å². The SMILES string of the molecule is Clc1cccc2onc(NSc3ccc4c(c3)CCC4)c12. The van der Waals surface area contributed by atoms with Gasteiger partial charge in [0.05, 0.1) is 10.4 Å². The molecule has 4 rings (SSSR count). The monoisotopic (exact) mass is 316 g/mol. The minimum absolute atomic E-state index is 0.644. The number of nitrogens with zero attached hydrogens (tertiary/aromatic N) is 1. The van der Waals surface area contributed by atoms with Crippen molar-refractivity contribution in [1.29, 1.82) is 0 Å². The molecule has 0 radical (unpaired) electrons. The molecule has 0 saturated carbocycles. The molecule has 1 aliphatic rings. The molecule has 106 valence electrons. The number of benzene rings is 2. The topological polar surface area (TPSA) is 38.1 Å². The minimum Gasteiger partial charge on any atom is -0.354 e. The van der Waals surface area contributed by atoms with Crippen LogP contribution in [-0.2, 0) is 12.8 Å². The number of halogens is 1. The Bertz CT molecular complexity index is 815. The standard InChI is InChI=1S/C16H13ClN2OS/c17-13-5-2-6-14-15(13)16(18-20-14)19-21-12-8-7-10-3-1-4-11(10)9-12/h2,5-9H,1,3-4H2,(H,18,19). The van der Waals surface area contributed by atoms with E-state index in [9.17, 15) is 0 Å². The van der Waals surface area contributed by atoms with Crippen molar-refractivity contribution in [3.8, 4) is 0 Å². The maximum Gasteiger partial charge on any atom is 0.189 e. The Balaban J connectivity index is 1.58. The number of fused-ring (bicyclic) bond motifs is 2. The van der Waals surface area contributed by atoms with E-state index in [2.05, 4.69) is 28.1 Å². The number of hydrogen-bond acceptors (Lipinski definition) is 4. The molecule has 0 saturated heterocycles. The third-order valence-electron chi connectivity index (χ3n) is 3.78. The van der Waals surface area contributed by atoms with Crippen LogP contribution in [0, 0.1) is 0 Å². The number of rotatable bonds is 3. The van der Waals surface area contributed by atoms with Crippen LogP contribution in [0.4, 0.5) is 5.82 Å². The lowest BCUT2D eigenvalue weighted by molar-refractivity contribution is 0.460. The zero-order valence-corrected chi connectivity index (χ0v) is 12.8. The molecule has 3 aromatic rings. The first-order valence-electron chi connectivity index (χ1n) is 6.90. The molecule has 5 heteroatoms. The zero-order valence-electron chi connectivity index (χ0n) is 11.2. The van der Waals surface area contributed by atoms with Gasteiger partial charge in [0, 0.05) is 4.90 Å². The van der Waals surface area contributed by atoms with Crippen LogP contribution < -0.4 is 4.72 Å². The Kier molecular flexibility index (Phi) is 3.28. The lowest BCUT2D eigenvalue weighted by Crippen LogP contribution is -1.89. The first kappa shape index (κ1) is 13.0. The molecule has 0 fully saturated rings. The normalized spacial score (nSPS) is 13.6. The fraction of sp³-hybridized carbons (Fsp3) is 0.188. The van der Waals surface area contributed by atoms with Crippen molar-refractivity contribution in [3.63, 3.8) is 0 Å². The van der Waals surface area contributed by atoms with Crippen LogP contribution >= 0.6 is 23.5 Å². The van der Waals surface area contributed by atoms with Gasteiger partial charge in [-0.2, -0.15) is 0 Å². The first-order valence-corrected chi connectivity index (χ1v) is 8.09. The summed E-state index contributed by atoms with van der Waals surface area (Å²) in [4.78, 5) is 1.18. The molecule has 0 unspecified atom stereocenters. The molecule has 2 aromatic carbocycles. The molecule has 1 N–H and O–H groups in total. The Morgan fingerprint density at radius 2 is 2.05 bits per heavy atom. The maximum atomic E-state index is 6.21. The van der Waals surface area contributed by atoms with Gasteiger partial charge in [0.2, 0.25) is 0 Å². The summed E-state index contributed by atoms with van der Waals surface area (Å²) in [6.45, 7) is 0. The molecule has 0 spiro atoms. The molecule has 21 heavy (non-hydrogen) atoms. The van der Waals surface area contributed by atoms with Crippen molar-refractivity contribution in [2.45, 2.75) is 24.2 Å². The van der Waals surface area contributed by atoms with Gasteiger partial charge >= 0.3 is 0 Å². The van der Waals surface area contributed by atoms with Gasteiger partial charge in [-0.1, -0.05) is 28.9 Å². The third-order valence-corrected chi connectivity index (χ3v) is 4.88. The summed E-state index contributed by atoms with van der Waals surface area (Å²) >= 11 is 7.75. The molecule has 0 amide bonds. The number of nitrogens with one attached hydrogen (secondary N) is 1. The summed E-state index contributed by atoms with van der Waals surface area (Å²) in [6.07, 6.45) is 3.65. The second-order valence-electron chi connectivity index (χ2n) is 5.13. The average Bonchev–Trinajstić information content (AvgIpc) is 3.11. The van der Waals surface area contributed by atoms with Crippen molar-refractivity contribution in [2.75, 3.05) is 4.72 Å². The third kappa shape index (κ3) is 2.39. The number of hydrogen-bond donors (Lipinski definition) is 1. The summed E-state index contributed by atoms with van der Waals surface area (Å²) in [5.74, 6) is 0.668. The summed E-state index contributed by atoms with van der Waals surface area (Å²) in [6, 6.07) is 12.2. The number of anilines is 1. The molecule has 0 aliphatic heterocycles. The summed E-state index contributed by atoms with van der Waals surface area (Å²) in [5.41, 5.74) is 3.64. The molecule has 1 heterocycles. The van der Waals surface area contributed by atoms with Crippen LogP contribution in [0.25, 0.3) is 11.0 Å². The summed E-state index contributed by atoms with van der Waals surface area (Å²) in [5, 5.41) is 5.52. The summed E-state index contributed by atoms with van der Waals surface area (Å²) < 4.78 is 8.53. The second-order valence-corrected chi connectivity index (χ2v) is 6.42.